The van der Waals surface area contributed by atoms with E-state index in [1.165, 1.54) is 12.1 Å². The zero-order valence-electron chi connectivity index (χ0n) is 16.4. The Morgan fingerprint density at radius 3 is 2.69 bits per heavy atom. The monoisotopic (exact) mass is 391 g/mol. The standard InChI is InChI=1S/C23H22FN3O2/c1-3-9-29-22-11-17(24)6-7-19(22)23-20(12-18(14-25-23)28-4-2)15-5-8-21-16(10-15)13-26-27-21/h5-8,10-14H,3-4,9H2,1-2H3,(H,26,27). The third kappa shape index (κ3) is 3.92. The summed E-state index contributed by atoms with van der Waals surface area (Å²) in [5.74, 6) is 0.818. The maximum atomic E-state index is 13.9. The molecule has 5 nitrogen and oxygen atoms in total. The van der Waals surface area contributed by atoms with E-state index in [0.29, 0.717) is 30.4 Å². The number of rotatable bonds is 7. The van der Waals surface area contributed by atoms with E-state index in [4.69, 9.17) is 9.47 Å². The van der Waals surface area contributed by atoms with Gasteiger partial charge in [0.2, 0.25) is 0 Å². The van der Waals surface area contributed by atoms with Crippen molar-refractivity contribution >= 4 is 10.9 Å². The molecule has 2 aromatic carbocycles. The molecule has 0 atom stereocenters. The highest BCUT2D eigenvalue weighted by atomic mass is 19.1. The average Bonchev–Trinajstić information content (AvgIpc) is 3.20. The number of pyridine rings is 1. The van der Waals surface area contributed by atoms with E-state index >= 15 is 0 Å². The van der Waals surface area contributed by atoms with Gasteiger partial charge in [0, 0.05) is 22.6 Å². The number of hydrogen-bond donors (Lipinski definition) is 1. The Labute approximate surface area is 168 Å². The van der Waals surface area contributed by atoms with Crippen molar-refractivity contribution in [2.45, 2.75) is 20.3 Å². The number of H-pyrrole nitrogens is 1. The van der Waals surface area contributed by atoms with Crippen molar-refractivity contribution in [3.8, 4) is 33.9 Å². The summed E-state index contributed by atoms with van der Waals surface area (Å²) in [6, 6.07) is 12.5. The molecule has 0 bridgehead atoms. The Balaban J connectivity index is 1.89. The van der Waals surface area contributed by atoms with E-state index in [1.807, 2.05) is 38.1 Å². The molecule has 0 saturated heterocycles. The third-order valence-electron chi connectivity index (χ3n) is 4.59. The smallest absolute Gasteiger partial charge is 0.138 e. The lowest BCUT2D eigenvalue weighted by Crippen LogP contribution is -2.00. The molecule has 4 aromatic rings. The van der Waals surface area contributed by atoms with Crippen LogP contribution in [0.3, 0.4) is 0 Å². The van der Waals surface area contributed by atoms with Crippen molar-refractivity contribution in [1.29, 1.82) is 0 Å². The van der Waals surface area contributed by atoms with E-state index in [2.05, 4.69) is 15.2 Å². The maximum absolute atomic E-state index is 13.9. The summed E-state index contributed by atoms with van der Waals surface area (Å²) in [4.78, 5) is 4.66. The Bertz CT molecular complexity index is 1140. The summed E-state index contributed by atoms with van der Waals surface area (Å²) in [7, 11) is 0. The minimum absolute atomic E-state index is 0.341. The van der Waals surface area contributed by atoms with Gasteiger partial charge in [0.1, 0.15) is 17.3 Å². The van der Waals surface area contributed by atoms with Crippen molar-refractivity contribution in [3.63, 3.8) is 0 Å². The van der Waals surface area contributed by atoms with Crippen molar-refractivity contribution in [2.75, 3.05) is 13.2 Å². The zero-order chi connectivity index (χ0) is 20.2. The summed E-state index contributed by atoms with van der Waals surface area (Å²) >= 11 is 0. The number of aromatic amines is 1. The van der Waals surface area contributed by atoms with Gasteiger partial charge < -0.3 is 9.47 Å². The normalized spacial score (nSPS) is 11.0. The lowest BCUT2D eigenvalue weighted by atomic mass is 9.97. The molecule has 2 heterocycles. The molecule has 0 aliphatic carbocycles. The molecule has 0 amide bonds. The zero-order valence-corrected chi connectivity index (χ0v) is 16.4. The molecular weight excluding hydrogens is 369 g/mol. The SMILES string of the molecule is CCCOc1cc(F)ccc1-c1ncc(OCC)cc1-c1ccc2[nH]ncc2c1. The first-order chi connectivity index (χ1) is 14.2. The van der Waals surface area contributed by atoms with E-state index < -0.39 is 0 Å². The molecule has 0 spiro atoms. The lowest BCUT2D eigenvalue weighted by molar-refractivity contribution is 0.317. The fourth-order valence-corrected chi connectivity index (χ4v) is 3.26. The predicted octanol–water partition coefficient (Wildman–Crippen LogP) is 5.62. The quantitative estimate of drug-likeness (QED) is 0.444. The molecular formula is C23H22FN3O2. The van der Waals surface area contributed by atoms with Crippen molar-refractivity contribution in [2.24, 2.45) is 0 Å². The summed E-state index contributed by atoms with van der Waals surface area (Å²) in [5.41, 5.74) is 4.26. The number of nitrogens with one attached hydrogen (secondary N) is 1. The molecule has 6 heteroatoms. The minimum Gasteiger partial charge on any atom is -0.493 e. The second-order valence-electron chi connectivity index (χ2n) is 6.66. The van der Waals surface area contributed by atoms with Crippen LogP contribution in [0.4, 0.5) is 4.39 Å². The van der Waals surface area contributed by atoms with Crippen molar-refractivity contribution in [1.82, 2.24) is 15.2 Å². The van der Waals surface area contributed by atoms with Gasteiger partial charge >= 0.3 is 0 Å². The maximum Gasteiger partial charge on any atom is 0.138 e. The predicted molar refractivity (Wildman–Crippen MR) is 112 cm³/mol. The van der Waals surface area contributed by atoms with Gasteiger partial charge in [-0.05, 0) is 49.2 Å². The summed E-state index contributed by atoms with van der Waals surface area (Å²) < 4.78 is 25.4. The fraction of sp³-hybridized carbons (Fsp3) is 0.217. The van der Waals surface area contributed by atoms with E-state index in [-0.39, 0.29) is 5.82 Å². The number of hydrogen-bond acceptors (Lipinski definition) is 4. The van der Waals surface area contributed by atoms with Crippen LogP contribution < -0.4 is 9.47 Å². The molecule has 4 rings (SSSR count). The first-order valence-corrected chi connectivity index (χ1v) is 9.68. The van der Waals surface area contributed by atoms with Gasteiger partial charge in [-0.1, -0.05) is 13.0 Å². The highest BCUT2D eigenvalue weighted by molar-refractivity contribution is 5.89. The minimum atomic E-state index is -0.341. The molecule has 29 heavy (non-hydrogen) atoms. The molecule has 2 aromatic heterocycles. The van der Waals surface area contributed by atoms with Crippen LogP contribution in [0.15, 0.2) is 54.9 Å². The second-order valence-corrected chi connectivity index (χ2v) is 6.66. The Kier molecular flexibility index (Phi) is 5.42. The van der Waals surface area contributed by atoms with Crippen LogP contribution in [0.25, 0.3) is 33.3 Å². The Hall–Kier alpha value is -3.41. The van der Waals surface area contributed by atoms with Crippen molar-refractivity contribution < 1.29 is 13.9 Å². The first-order valence-electron chi connectivity index (χ1n) is 9.68. The van der Waals surface area contributed by atoms with Crippen molar-refractivity contribution in [3.05, 3.63) is 60.7 Å². The van der Waals surface area contributed by atoms with Crippen LogP contribution in [-0.4, -0.2) is 28.4 Å². The highest BCUT2D eigenvalue weighted by Gasteiger charge is 2.16. The van der Waals surface area contributed by atoms with Gasteiger partial charge in [0.05, 0.1) is 36.8 Å². The van der Waals surface area contributed by atoms with Crippen LogP contribution in [0.5, 0.6) is 11.5 Å². The van der Waals surface area contributed by atoms with Crippen LogP contribution in [0.2, 0.25) is 0 Å². The van der Waals surface area contributed by atoms with Gasteiger partial charge in [-0.25, -0.2) is 4.39 Å². The topological polar surface area (TPSA) is 60.0 Å². The largest absolute Gasteiger partial charge is 0.493 e. The molecule has 148 valence electrons. The van der Waals surface area contributed by atoms with Gasteiger partial charge in [0.15, 0.2) is 0 Å². The van der Waals surface area contributed by atoms with Crippen LogP contribution >= 0.6 is 0 Å². The molecule has 0 saturated carbocycles. The molecule has 0 radical (unpaired) electrons. The number of fused-ring (bicyclic) bond motifs is 1. The van der Waals surface area contributed by atoms with Crippen LogP contribution in [-0.2, 0) is 0 Å². The highest BCUT2D eigenvalue weighted by Crippen LogP contribution is 2.38. The van der Waals surface area contributed by atoms with Gasteiger partial charge in [-0.2, -0.15) is 5.10 Å². The molecule has 1 N–H and O–H groups in total. The number of benzene rings is 2. The van der Waals surface area contributed by atoms with Crippen LogP contribution in [0, 0.1) is 5.82 Å². The average molecular weight is 391 g/mol. The van der Waals surface area contributed by atoms with E-state index in [1.54, 1.807) is 18.5 Å². The lowest BCUT2D eigenvalue weighted by Gasteiger charge is -2.15. The third-order valence-corrected chi connectivity index (χ3v) is 4.59. The Morgan fingerprint density at radius 2 is 1.86 bits per heavy atom. The fourth-order valence-electron chi connectivity index (χ4n) is 3.26. The number of aromatic nitrogens is 3. The summed E-state index contributed by atoms with van der Waals surface area (Å²) in [6.45, 7) is 4.99. The first kappa shape index (κ1) is 18.9. The number of ether oxygens (including phenoxy) is 2. The second kappa shape index (κ2) is 8.31. The Morgan fingerprint density at radius 1 is 0.966 bits per heavy atom. The molecule has 0 fully saturated rings. The number of halogens is 1. The van der Waals surface area contributed by atoms with Gasteiger partial charge in [-0.15, -0.1) is 0 Å². The summed E-state index contributed by atoms with van der Waals surface area (Å²) in [5, 5.41) is 8.05. The van der Waals surface area contributed by atoms with Crippen LogP contribution in [0.1, 0.15) is 20.3 Å². The van der Waals surface area contributed by atoms with E-state index in [0.717, 1.165) is 34.0 Å². The summed E-state index contributed by atoms with van der Waals surface area (Å²) in [6.07, 6.45) is 4.30. The molecule has 0 aliphatic rings. The molecule has 0 aliphatic heterocycles. The molecule has 0 unspecified atom stereocenters. The van der Waals surface area contributed by atoms with Gasteiger partial charge in [0.25, 0.3) is 0 Å². The number of nitrogens with zero attached hydrogens (tertiary/aromatic N) is 2. The van der Waals surface area contributed by atoms with Gasteiger partial charge in [-0.3, -0.25) is 10.1 Å². The van der Waals surface area contributed by atoms with E-state index in [9.17, 15) is 4.39 Å².